The lowest BCUT2D eigenvalue weighted by Gasteiger charge is -2.35. The molecule has 0 spiro atoms. The zero-order valence-electron chi connectivity index (χ0n) is 22.5. The van der Waals surface area contributed by atoms with Gasteiger partial charge >= 0.3 is 0 Å². The van der Waals surface area contributed by atoms with Crippen molar-refractivity contribution in [3.8, 4) is 11.1 Å². The molecular formula is C27H37N5O3S. The number of allylic oxidation sites excluding steroid dienone is 3. The molecule has 0 aromatic carbocycles. The maximum absolute atomic E-state index is 12.1. The van der Waals surface area contributed by atoms with Gasteiger partial charge < -0.3 is 15.0 Å². The van der Waals surface area contributed by atoms with Crippen molar-refractivity contribution in [2.45, 2.75) is 45.7 Å². The van der Waals surface area contributed by atoms with Crippen LogP contribution in [0.5, 0.6) is 0 Å². The summed E-state index contributed by atoms with van der Waals surface area (Å²) >= 11 is 0. The summed E-state index contributed by atoms with van der Waals surface area (Å²) in [6.45, 7) is 12.1. The van der Waals surface area contributed by atoms with E-state index in [0.29, 0.717) is 18.9 Å². The van der Waals surface area contributed by atoms with Crippen LogP contribution in [-0.4, -0.2) is 70.2 Å². The van der Waals surface area contributed by atoms with Crippen LogP contribution < -0.4 is 10.2 Å². The highest BCUT2D eigenvalue weighted by Crippen LogP contribution is 2.34. The Hall–Kier alpha value is -3.04. The maximum Gasteiger partial charge on any atom is 0.192 e. The van der Waals surface area contributed by atoms with Crippen LogP contribution in [0.1, 0.15) is 37.7 Å². The lowest BCUT2D eigenvalue weighted by atomic mass is 9.93. The van der Waals surface area contributed by atoms with Gasteiger partial charge in [-0.2, -0.15) is 0 Å². The Morgan fingerprint density at radius 2 is 1.94 bits per heavy atom. The molecule has 1 aliphatic rings. The van der Waals surface area contributed by atoms with Gasteiger partial charge in [-0.05, 0) is 76.2 Å². The Kier molecular flexibility index (Phi) is 8.68. The quantitative estimate of drug-likeness (QED) is 0.445. The fourth-order valence-corrected chi connectivity index (χ4v) is 4.97. The Morgan fingerprint density at radius 3 is 2.50 bits per heavy atom. The molecule has 0 bridgehead atoms. The van der Waals surface area contributed by atoms with Crippen molar-refractivity contribution < 1.29 is 13.2 Å². The monoisotopic (exact) mass is 511 g/mol. The molecule has 2 aromatic heterocycles. The average molecular weight is 512 g/mol. The molecule has 36 heavy (non-hydrogen) atoms. The molecule has 0 unspecified atom stereocenters. The van der Waals surface area contributed by atoms with Gasteiger partial charge in [0.25, 0.3) is 0 Å². The minimum absolute atomic E-state index is 0.0672. The number of aliphatic imine (C=N–C) groups is 1. The number of aryl methyl sites for hydroxylation is 1. The number of nitrogens with zero attached hydrogens (tertiary/aromatic N) is 4. The average Bonchev–Trinajstić information content (AvgIpc) is 2.82. The van der Waals surface area contributed by atoms with Gasteiger partial charge in [-0.25, -0.2) is 18.4 Å². The van der Waals surface area contributed by atoms with E-state index in [2.05, 4.69) is 47.0 Å². The molecule has 0 aliphatic carbocycles. The normalized spacial score (nSPS) is 16.9. The fraction of sp³-hybridized carbons (Fsp3) is 0.444. The Morgan fingerprint density at radius 1 is 1.22 bits per heavy atom. The van der Waals surface area contributed by atoms with Crippen LogP contribution >= 0.6 is 0 Å². The highest BCUT2D eigenvalue weighted by atomic mass is 32.2. The number of rotatable bonds is 7. The molecule has 9 heteroatoms. The summed E-state index contributed by atoms with van der Waals surface area (Å²) in [7, 11) is 0.236. The summed E-state index contributed by atoms with van der Waals surface area (Å²) in [5.41, 5.74) is 7.10. The third-order valence-electron chi connectivity index (χ3n) is 6.31. The number of aromatic nitrogens is 2. The van der Waals surface area contributed by atoms with Crippen molar-refractivity contribution in [3.63, 3.8) is 0 Å². The van der Waals surface area contributed by atoms with E-state index >= 15 is 0 Å². The summed E-state index contributed by atoms with van der Waals surface area (Å²) in [6.07, 6.45) is 5.07. The molecule has 0 amide bonds. The SMILES string of the molecule is C/N=C(/C(/C=C\NC)=C(C)C)c1nc(N2CCOC[C@H]2C)cc(-c2ccc(S(C)(=O)=O)nc2C)c1C. The third kappa shape index (κ3) is 5.84. The third-order valence-corrected chi connectivity index (χ3v) is 7.30. The van der Waals surface area contributed by atoms with Crippen LogP contribution in [0.15, 0.2) is 51.6 Å². The number of hydrogen-bond donors (Lipinski definition) is 1. The smallest absolute Gasteiger partial charge is 0.192 e. The van der Waals surface area contributed by atoms with Gasteiger partial charge in [0, 0.05) is 43.7 Å². The Labute approximate surface area is 215 Å². The van der Waals surface area contributed by atoms with Gasteiger partial charge in [-0.1, -0.05) is 5.57 Å². The number of sulfone groups is 1. The second-order valence-electron chi connectivity index (χ2n) is 9.28. The molecule has 8 nitrogen and oxygen atoms in total. The van der Waals surface area contributed by atoms with E-state index in [1.54, 1.807) is 13.1 Å². The first-order valence-corrected chi connectivity index (χ1v) is 13.9. The first-order valence-electron chi connectivity index (χ1n) is 12.0. The maximum atomic E-state index is 12.1. The lowest BCUT2D eigenvalue weighted by Crippen LogP contribution is -2.44. The first kappa shape index (κ1) is 27.5. The van der Waals surface area contributed by atoms with Crippen molar-refractivity contribution in [2.24, 2.45) is 4.99 Å². The lowest BCUT2D eigenvalue weighted by molar-refractivity contribution is 0.0985. The standard InChI is InChI=1S/C27H37N5O3S/c1-17(2)21(11-12-28-6)27(29-7)26-19(4)23(15-24(31-26)32-13-14-35-16-18(32)3)22-9-10-25(30-20(22)5)36(8,33)34/h9-12,15,18,28H,13-14,16H2,1-8H3/b12-11-,29-27-/t18-/m1/s1. The van der Waals surface area contributed by atoms with E-state index < -0.39 is 9.84 Å². The molecule has 1 fully saturated rings. The summed E-state index contributed by atoms with van der Waals surface area (Å²) in [6, 6.07) is 5.64. The predicted molar refractivity (Wildman–Crippen MR) is 147 cm³/mol. The van der Waals surface area contributed by atoms with E-state index in [4.69, 9.17) is 9.72 Å². The summed E-state index contributed by atoms with van der Waals surface area (Å²) in [5, 5.41) is 3.13. The Balaban J connectivity index is 2.31. The highest BCUT2D eigenvalue weighted by Gasteiger charge is 2.25. The number of nitrogens with one attached hydrogen (secondary N) is 1. The van der Waals surface area contributed by atoms with E-state index in [9.17, 15) is 8.42 Å². The zero-order valence-corrected chi connectivity index (χ0v) is 23.3. The van der Waals surface area contributed by atoms with Crippen LogP contribution in [0, 0.1) is 13.8 Å². The van der Waals surface area contributed by atoms with Crippen LogP contribution in [0.25, 0.3) is 11.1 Å². The number of anilines is 1. The zero-order chi connectivity index (χ0) is 26.6. The molecule has 3 rings (SSSR count). The van der Waals surface area contributed by atoms with Gasteiger partial charge in [0.05, 0.1) is 30.7 Å². The fourth-order valence-electron chi connectivity index (χ4n) is 4.35. The van der Waals surface area contributed by atoms with Gasteiger partial charge in [0.15, 0.2) is 14.9 Å². The molecule has 0 radical (unpaired) electrons. The van der Waals surface area contributed by atoms with Gasteiger partial charge in [-0.15, -0.1) is 0 Å². The number of morpholine rings is 1. The summed E-state index contributed by atoms with van der Waals surface area (Å²) in [5.74, 6) is 0.833. The van der Waals surface area contributed by atoms with E-state index in [1.165, 1.54) is 6.26 Å². The van der Waals surface area contributed by atoms with Crippen LogP contribution in [0.2, 0.25) is 0 Å². The molecule has 1 N–H and O–H groups in total. The summed E-state index contributed by atoms with van der Waals surface area (Å²) < 4.78 is 29.8. The molecule has 1 saturated heterocycles. The predicted octanol–water partition coefficient (Wildman–Crippen LogP) is 3.88. The number of hydrogen-bond acceptors (Lipinski definition) is 8. The largest absolute Gasteiger partial charge is 0.394 e. The topological polar surface area (TPSA) is 96.8 Å². The number of pyridine rings is 2. The van der Waals surface area contributed by atoms with Crippen molar-refractivity contribution in [1.29, 1.82) is 0 Å². The number of ether oxygens (including phenoxy) is 1. The van der Waals surface area contributed by atoms with Gasteiger partial charge in [0.1, 0.15) is 5.82 Å². The molecular weight excluding hydrogens is 474 g/mol. The highest BCUT2D eigenvalue weighted by molar-refractivity contribution is 7.90. The second kappa shape index (κ2) is 11.3. The molecule has 2 aromatic rings. The first-order chi connectivity index (χ1) is 17.0. The molecule has 3 heterocycles. The van der Waals surface area contributed by atoms with Crippen molar-refractivity contribution >= 4 is 21.4 Å². The van der Waals surface area contributed by atoms with Crippen LogP contribution in [-0.2, 0) is 14.6 Å². The summed E-state index contributed by atoms with van der Waals surface area (Å²) in [4.78, 5) is 16.5. The second-order valence-corrected chi connectivity index (χ2v) is 11.2. The van der Waals surface area contributed by atoms with E-state index in [0.717, 1.165) is 51.6 Å². The minimum Gasteiger partial charge on any atom is -0.394 e. The van der Waals surface area contributed by atoms with E-state index in [-0.39, 0.29) is 11.1 Å². The molecule has 0 saturated carbocycles. The van der Waals surface area contributed by atoms with E-state index in [1.807, 2.05) is 39.2 Å². The van der Waals surface area contributed by atoms with Crippen LogP contribution in [0.3, 0.4) is 0 Å². The van der Waals surface area contributed by atoms with Crippen molar-refractivity contribution in [2.75, 3.05) is 45.0 Å². The molecule has 1 aliphatic heterocycles. The van der Waals surface area contributed by atoms with Crippen LogP contribution in [0.4, 0.5) is 5.82 Å². The van der Waals surface area contributed by atoms with Crippen molar-refractivity contribution in [3.05, 3.63) is 58.6 Å². The van der Waals surface area contributed by atoms with Gasteiger partial charge in [0.2, 0.25) is 0 Å². The van der Waals surface area contributed by atoms with Crippen molar-refractivity contribution in [1.82, 2.24) is 15.3 Å². The van der Waals surface area contributed by atoms with Gasteiger partial charge in [-0.3, -0.25) is 4.99 Å². The molecule has 194 valence electrons. The molecule has 1 atom stereocenters. The minimum atomic E-state index is -3.41. The Bertz CT molecular complexity index is 1330.